The lowest BCUT2D eigenvalue weighted by Gasteiger charge is -2.05. The summed E-state index contributed by atoms with van der Waals surface area (Å²) in [4.78, 5) is 12.6. The van der Waals surface area contributed by atoms with Crippen LogP contribution in [-0.2, 0) is 16.4 Å². The van der Waals surface area contributed by atoms with Gasteiger partial charge in [0.25, 0.3) is 5.91 Å². The zero-order valence-corrected chi connectivity index (χ0v) is 12.6. The van der Waals surface area contributed by atoms with Gasteiger partial charge in [-0.05, 0) is 30.7 Å². The second-order valence-corrected chi connectivity index (χ2v) is 7.25. The maximum atomic E-state index is 11.8. The Morgan fingerprint density at radius 3 is 2.57 bits per heavy atom. The summed E-state index contributed by atoms with van der Waals surface area (Å²) in [5.41, 5.74) is 0.203. The van der Waals surface area contributed by atoms with Crippen LogP contribution in [0.1, 0.15) is 15.2 Å². The Hall–Kier alpha value is -1.90. The minimum Gasteiger partial charge on any atom is -0.507 e. The highest BCUT2D eigenvalue weighted by atomic mass is 32.2. The molecule has 0 bridgehead atoms. The summed E-state index contributed by atoms with van der Waals surface area (Å²) >= 11 is 1.08. The highest BCUT2D eigenvalue weighted by Crippen LogP contribution is 2.20. The van der Waals surface area contributed by atoms with Crippen LogP contribution in [0, 0.1) is 0 Å². The third-order valence-corrected chi connectivity index (χ3v) is 5.31. The van der Waals surface area contributed by atoms with Crippen molar-refractivity contribution in [3.05, 3.63) is 46.8 Å². The quantitative estimate of drug-likeness (QED) is 0.763. The number of rotatable bonds is 5. The van der Waals surface area contributed by atoms with Crippen LogP contribution in [0.5, 0.6) is 5.75 Å². The number of nitrogens with one attached hydrogen (secondary N) is 1. The minimum absolute atomic E-state index is 0.0809. The van der Waals surface area contributed by atoms with Gasteiger partial charge in [-0.3, -0.25) is 4.79 Å². The molecule has 0 saturated heterocycles. The maximum Gasteiger partial charge on any atom is 0.255 e. The lowest BCUT2D eigenvalue weighted by Crippen LogP contribution is -2.25. The number of para-hydroxylation sites is 1. The summed E-state index contributed by atoms with van der Waals surface area (Å²) in [6.07, 6.45) is 0.486. The van der Waals surface area contributed by atoms with Crippen molar-refractivity contribution in [1.82, 2.24) is 5.32 Å². The molecule has 2 aromatic rings. The van der Waals surface area contributed by atoms with Gasteiger partial charge >= 0.3 is 0 Å². The van der Waals surface area contributed by atoms with Crippen LogP contribution < -0.4 is 10.5 Å². The average Bonchev–Trinajstić information content (AvgIpc) is 2.88. The molecule has 0 unspecified atom stereocenters. The van der Waals surface area contributed by atoms with Crippen LogP contribution in [-0.4, -0.2) is 26.0 Å². The van der Waals surface area contributed by atoms with E-state index in [4.69, 9.17) is 5.14 Å². The number of phenolic OH excluding ortho intramolecular Hbond substituents is 1. The van der Waals surface area contributed by atoms with Gasteiger partial charge in [-0.1, -0.05) is 12.1 Å². The topological polar surface area (TPSA) is 109 Å². The Morgan fingerprint density at radius 2 is 1.95 bits per heavy atom. The monoisotopic (exact) mass is 326 g/mol. The Bertz CT molecular complexity index is 753. The van der Waals surface area contributed by atoms with Crippen molar-refractivity contribution >= 4 is 27.3 Å². The van der Waals surface area contributed by atoms with Crippen LogP contribution >= 0.6 is 11.3 Å². The number of thiophene rings is 1. The average molecular weight is 326 g/mol. The molecule has 1 aromatic carbocycles. The van der Waals surface area contributed by atoms with Crippen molar-refractivity contribution in [3.8, 4) is 5.75 Å². The van der Waals surface area contributed by atoms with Gasteiger partial charge in [-0.2, -0.15) is 0 Å². The summed E-state index contributed by atoms with van der Waals surface area (Å²) in [7, 11) is -3.67. The molecule has 1 aromatic heterocycles. The van der Waals surface area contributed by atoms with Crippen LogP contribution in [0.25, 0.3) is 0 Å². The summed E-state index contributed by atoms with van der Waals surface area (Å²) < 4.78 is 22.4. The van der Waals surface area contributed by atoms with Gasteiger partial charge in [0, 0.05) is 11.4 Å². The number of amides is 1. The molecule has 0 aliphatic rings. The van der Waals surface area contributed by atoms with E-state index in [-0.39, 0.29) is 21.4 Å². The number of phenols is 1. The van der Waals surface area contributed by atoms with Gasteiger partial charge in [-0.15, -0.1) is 11.3 Å². The molecule has 0 spiro atoms. The molecule has 0 aliphatic carbocycles. The molecule has 4 N–H and O–H groups in total. The van der Waals surface area contributed by atoms with E-state index in [1.807, 2.05) is 0 Å². The Labute approximate surface area is 126 Å². The number of hydrogen-bond donors (Lipinski definition) is 3. The molecule has 1 amide bonds. The van der Waals surface area contributed by atoms with E-state index in [1.54, 1.807) is 18.2 Å². The fraction of sp³-hybridized carbons (Fsp3) is 0.154. The summed E-state index contributed by atoms with van der Waals surface area (Å²) in [5, 5.41) is 17.2. The van der Waals surface area contributed by atoms with Crippen LogP contribution in [0.3, 0.4) is 0 Å². The predicted molar refractivity (Wildman–Crippen MR) is 79.8 cm³/mol. The van der Waals surface area contributed by atoms with Gasteiger partial charge in [-0.25, -0.2) is 13.6 Å². The molecule has 6 nitrogen and oxygen atoms in total. The zero-order chi connectivity index (χ0) is 15.5. The van der Waals surface area contributed by atoms with E-state index in [0.717, 1.165) is 16.2 Å². The summed E-state index contributed by atoms with van der Waals surface area (Å²) in [6, 6.07) is 9.36. The molecule has 2 rings (SSSR count). The van der Waals surface area contributed by atoms with E-state index < -0.39 is 10.0 Å². The first kappa shape index (κ1) is 15.5. The highest BCUT2D eigenvalue weighted by molar-refractivity contribution is 7.91. The van der Waals surface area contributed by atoms with E-state index in [9.17, 15) is 18.3 Å². The number of primary sulfonamides is 1. The van der Waals surface area contributed by atoms with Crippen molar-refractivity contribution in [2.75, 3.05) is 6.54 Å². The van der Waals surface area contributed by atoms with Crippen molar-refractivity contribution < 1.29 is 18.3 Å². The number of carbonyl (C=O) groups is 1. The fourth-order valence-electron chi connectivity index (χ4n) is 1.71. The number of sulfonamides is 1. The standard InChI is InChI=1S/C13H14N2O4S2/c14-21(18,19)12-6-5-9(20-12)7-8-15-13(17)10-3-1-2-4-11(10)16/h1-6,16H,7-8H2,(H,15,17)(H2,14,18,19). The van der Waals surface area contributed by atoms with E-state index >= 15 is 0 Å². The number of carbonyl (C=O) groups excluding carboxylic acids is 1. The normalized spacial score (nSPS) is 11.3. The molecular weight excluding hydrogens is 312 g/mol. The first-order valence-electron chi connectivity index (χ1n) is 6.05. The van der Waals surface area contributed by atoms with E-state index in [0.29, 0.717) is 13.0 Å². The van der Waals surface area contributed by atoms with Gasteiger partial charge in [0.05, 0.1) is 5.56 Å². The van der Waals surface area contributed by atoms with Crippen LogP contribution in [0.4, 0.5) is 0 Å². The lowest BCUT2D eigenvalue weighted by atomic mass is 10.2. The third-order valence-electron chi connectivity index (χ3n) is 2.72. The molecule has 0 aliphatic heterocycles. The smallest absolute Gasteiger partial charge is 0.255 e. The fourth-order valence-corrected chi connectivity index (χ4v) is 3.48. The van der Waals surface area contributed by atoms with E-state index in [1.165, 1.54) is 18.2 Å². The molecule has 0 fully saturated rings. The summed E-state index contributed by atoms with van der Waals surface area (Å²) in [6.45, 7) is 0.331. The first-order chi connectivity index (χ1) is 9.88. The molecule has 0 atom stereocenters. The van der Waals surface area contributed by atoms with Crippen molar-refractivity contribution in [2.24, 2.45) is 5.14 Å². The molecule has 8 heteroatoms. The van der Waals surface area contributed by atoms with Gasteiger partial charge in [0.15, 0.2) is 0 Å². The molecule has 0 radical (unpaired) electrons. The number of hydrogen-bond acceptors (Lipinski definition) is 5. The molecule has 112 valence electrons. The molecule has 1 heterocycles. The molecule has 21 heavy (non-hydrogen) atoms. The Morgan fingerprint density at radius 1 is 1.24 bits per heavy atom. The van der Waals surface area contributed by atoms with E-state index in [2.05, 4.69) is 5.32 Å². The van der Waals surface area contributed by atoms with Gasteiger partial charge in [0.1, 0.15) is 9.96 Å². The molecule has 0 saturated carbocycles. The third kappa shape index (κ3) is 4.03. The van der Waals surface area contributed by atoms with Crippen LogP contribution in [0.15, 0.2) is 40.6 Å². The maximum absolute atomic E-state index is 11.8. The van der Waals surface area contributed by atoms with Gasteiger partial charge < -0.3 is 10.4 Å². The number of aromatic hydroxyl groups is 1. The zero-order valence-electron chi connectivity index (χ0n) is 10.9. The van der Waals surface area contributed by atoms with Crippen molar-refractivity contribution in [2.45, 2.75) is 10.6 Å². The van der Waals surface area contributed by atoms with Crippen molar-refractivity contribution in [1.29, 1.82) is 0 Å². The second kappa shape index (κ2) is 6.25. The van der Waals surface area contributed by atoms with Crippen molar-refractivity contribution in [3.63, 3.8) is 0 Å². The Kier molecular flexibility index (Phi) is 4.61. The first-order valence-corrected chi connectivity index (χ1v) is 8.42. The summed E-state index contributed by atoms with van der Waals surface area (Å²) in [5.74, 6) is -0.459. The SMILES string of the molecule is NS(=O)(=O)c1ccc(CCNC(=O)c2ccccc2O)s1. The minimum atomic E-state index is -3.67. The Balaban J connectivity index is 1.92. The number of nitrogens with two attached hydrogens (primary N) is 1. The second-order valence-electron chi connectivity index (χ2n) is 4.29. The largest absolute Gasteiger partial charge is 0.507 e. The lowest BCUT2D eigenvalue weighted by molar-refractivity contribution is 0.0951. The predicted octanol–water partition coefficient (Wildman–Crippen LogP) is 1.07. The van der Waals surface area contributed by atoms with Gasteiger partial charge in [0.2, 0.25) is 10.0 Å². The highest BCUT2D eigenvalue weighted by Gasteiger charge is 2.12. The number of benzene rings is 1. The van der Waals surface area contributed by atoms with Crippen LogP contribution in [0.2, 0.25) is 0 Å². The molecular formula is C13H14N2O4S2.